The minimum Gasteiger partial charge on any atom is -0.507 e. The van der Waals surface area contributed by atoms with E-state index in [-0.39, 0.29) is 22.9 Å². The van der Waals surface area contributed by atoms with Gasteiger partial charge in [-0.05, 0) is 23.8 Å². The summed E-state index contributed by atoms with van der Waals surface area (Å²) >= 11 is 0. The SMILES string of the molecule is O=C(C=Cc1ccc(C(=O)c2ccccc2O)cc1)c1ccccc1. The molecule has 0 atom stereocenters. The fraction of sp³-hybridized carbons (Fsp3) is 0. The zero-order valence-corrected chi connectivity index (χ0v) is 13.4. The predicted molar refractivity (Wildman–Crippen MR) is 97.8 cm³/mol. The van der Waals surface area contributed by atoms with Crippen molar-refractivity contribution in [1.82, 2.24) is 0 Å². The number of phenols is 1. The smallest absolute Gasteiger partial charge is 0.196 e. The minimum atomic E-state index is -0.242. The van der Waals surface area contributed by atoms with Crippen LogP contribution in [0.4, 0.5) is 0 Å². The van der Waals surface area contributed by atoms with Crippen LogP contribution in [0.2, 0.25) is 0 Å². The van der Waals surface area contributed by atoms with Gasteiger partial charge in [-0.2, -0.15) is 0 Å². The molecule has 0 amide bonds. The maximum absolute atomic E-state index is 12.4. The van der Waals surface area contributed by atoms with E-state index < -0.39 is 0 Å². The zero-order valence-electron chi connectivity index (χ0n) is 13.4. The van der Waals surface area contributed by atoms with Crippen LogP contribution in [-0.2, 0) is 0 Å². The highest BCUT2D eigenvalue weighted by Crippen LogP contribution is 2.20. The molecule has 0 fully saturated rings. The number of carbonyl (C=O) groups excluding carboxylic acids is 2. The molecule has 0 aliphatic carbocycles. The average molecular weight is 328 g/mol. The molecule has 0 aliphatic heterocycles. The van der Waals surface area contributed by atoms with Gasteiger partial charge in [0.15, 0.2) is 11.6 Å². The van der Waals surface area contributed by atoms with Gasteiger partial charge in [0.1, 0.15) is 5.75 Å². The maximum Gasteiger partial charge on any atom is 0.196 e. The summed E-state index contributed by atoms with van der Waals surface area (Å²) in [6, 6.07) is 22.4. The summed E-state index contributed by atoms with van der Waals surface area (Å²) < 4.78 is 0. The van der Waals surface area contributed by atoms with Gasteiger partial charge >= 0.3 is 0 Å². The number of carbonyl (C=O) groups is 2. The molecule has 0 spiro atoms. The van der Waals surface area contributed by atoms with Gasteiger partial charge in [-0.15, -0.1) is 0 Å². The van der Waals surface area contributed by atoms with E-state index in [0.29, 0.717) is 11.1 Å². The Balaban J connectivity index is 1.74. The number of hydrogen-bond acceptors (Lipinski definition) is 3. The molecule has 3 heteroatoms. The lowest BCUT2D eigenvalue weighted by Crippen LogP contribution is -2.01. The molecule has 0 unspecified atom stereocenters. The van der Waals surface area contributed by atoms with Crippen LogP contribution in [0, 0.1) is 0 Å². The number of aromatic hydroxyl groups is 1. The molecule has 3 rings (SSSR count). The maximum atomic E-state index is 12.4. The van der Waals surface area contributed by atoms with E-state index in [1.54, 1.807) is 60.7 Å². The number of benzene rings is 3. The Morgan fingerprint density at radius 3 is 2.04 bits per heavy atom. The third-order valence-electron chi connectivity index (χ3n) is 3.81. The standard InChI is InChI=1S/C22H16O3/c23-20(17-6-2-1-3-7-17)15-12-16-10-13-18(14-11-16)22(25)19-8-4-5-9-21(19)24/h1-15,24H. The molecular weight excluding hydrogens is 312 g/mol. The molecule has 1 N–H and O–H groups in total. The van der Waals surface area contributed by atoms with Gasteiger partial charge in [-0.25, -0.2) is 0 Å². The molecule has 3 aromatic rings. The van der Waals surface area contributed by atoms with Crippen LogP contribution in [0.25, 0.3) is 6.08 Å². The lowest BCUT2D eigenvalue weighted by atomic mass is 10.0. The Morgan fingerprint density at radius 1 is 0.720 bits per heavy atom. The van der Waals surface area contributed by atoms with Crippen molar-refractivity contribution in [3.05, 3.63) is 107 Å². The molecule has 0 heterocycles. The van der Waals surface area contributed by atoms with Gasteiger partial charge < -0.3 is 5.11 Å². The molecule has 0 saturated heterocycles. The summed E-state index contributed by atoms with van der Waals surface area (Å²) in [5.41, 5.74) is 2.20. The molecule has 0 aliphatic rings. The third-order valence-corrected chi connectivity index (χ3v) is 3.81. The van der Waals surface area contributed by atoms with Gasteiger partial charge in [-0.1, -0.05) is 72.8 Å². The molecule has 0 bridgehead atoms. The van der Waals surface area contributed by atoms with Crippen LogP contribution in [0.5, 0.6) is 5.75 Å². The Kier molecular flexibility index (Phi) is 4.86. The van der Waals surface area contributed by atoms with Crippen molar-refractivity contribution in [3.8, 4) is 5.75 Å². The Labute approximate surface area is 145 Å². The van der Waals surface area contributed by atoms with Crippen molar-refractivity contribution in [2.45, 2.75) is 0 Å². The normalized spacial score (nSPS) is 10.7. The Hall–Kier alpha value is -3.46. The lowest BCUT2D eigenvalue weighted by molar-refractivity contribution is 0.103. The van der Waals surface area contributed by atoms with Crippen molar-refractivity contribution in [1.29, 1.82) is 0 Å². The summed E-state index contributed by atoms with van der Waals surface area (Å²) in [7, 11) is 0. The molecule has 0 aromatic heterocycles. The van der Waals surface area contributed by atoms with Crippen LogP contribution in [0.1, 0.15) is 31.8 Å². The van der Waals surface area contributed by atoms with Gasteiger partial charge in [0.05, 0.1) is 5.56 Å². The van der Waals surface area contributed by atoms with E-state index in [0.717, 1.165) is 5.56 Å². The van der Waals surface area contributed by atoms with E-state index in [1.807, 2.05) is 18.2 Å². The molecule has 122 valence electrons. The van der Waals surface area contributed by atoms with Crippen molar-refractivity contribution < 1.29 is 14.7 Å². The minimum absolute atomic E-state index is 0.0371. The number of phenolic OH excluding ortho intramolecular Hbond substituents is 1. The summed E-state index contributed by atoms with van der Waals surface area (Å²) in [4.78, 5) is 24.4. The van der Waals surface area contributed by atoms with Crippen LogP contribution >= 0.6 is 0 Å². The number of para-hydroxylation sites is 1. The Bertz CT molecular complexity index is 923. The van der Waals surface area contributed by atoms with Gasteiger partial charge in [0, 0.05) is 11.1 Å². The van der Waals surface area contributed by atoms with Crippen molar-refractivity contribution in [2.24, 2.45) is 0 Å². The second-order valence-corrected chi connectivity index (χ2v) is 5.53. The van der Waals surface area contributed by atoms with Crippen LogP contribution < -0.4 is 0 Å². The number of hydrogen-bond donors (Lipinski definition) is 1. The largest absolute Gasteiger partial charge is 0.507 e. The predicted octanol–water partition coefficient (Wildman–Crippen LogP) is 4.52. The highest BCUT2D eigenvalue weighted by atomic mass is 16.3. The van der Waals surface area contributed by atoms with E-state index >= 15 is 0 Å². The zero-order chi connectivity index (χ0) is 17.6. The first kappa shape index (κ1) is 16.4. The first-order chi connectivity index (χ1) is 12.1. The monoisotopic (exact) mass is 328 g/mol. The van der Waals surface area contributed by atoms with Gasteiger partial charge in [0.25, 0.3) is 0 Å². The van der Waals surface area contributed by atoms with Crippen LogP contribution in [0.3, 0.4) is 0 Å². The third kappa shape index (κ3) is 3.90. The molecule has 0 saturated carbocycles. The van der Waals surface area contributed by atoms with E-state index in [2.05, 4.69) is 0 Å². The van der Waals surface area contributed by atoms with Crippen molar-refractivity contribution in [3.63, 3.8) is 0 Å². The molecular formula is C22H16O3. The van der Waals surface area contributed by atoms with Gasteiger partial charge in [0.2, 0.25) is 0 Å². The van der Waals surface area contributed by atoms with E-state index in [9.17, 15) is 14.7 Å². The lowest BCUT2D eigenvalue weighted by Gasteiger charge is -2.04. The fourth-order valence-corrected chi connectivity index (χ4v) is 2.44. The van der Waals surface area contributed by atoms with Crippen LogP contribution in [-0.4, -0.2) is 16.7 Å². The summed E-state index contributed by atoms with van der Waals surface area (Å²) in [6.45, 7) is 0. The molecule has 25 heavy (non-hydrogen) atoms. The number of rotatable bonds is 5. The fourth-order valence-electron chi connectivity index (χ4n) is 2.44. The summed E-state index contributed by atoms with van der Waals surface area (Å²) in [6.07, 6.45) is 3.22. The average Bonchev–Trinajstić information content (AvgIpc) is 2.67. The molecule has 3 nitrogen and oxygen atoms in total. The number of allylic oxidation sites excluding steroid dienone is 1. The second-order valence-electron chi connectivity index (χ2n) is 5.53. The molecule has 3 aromatic carbocycles. The first-order valence-corrected chi connectivity index (χ1v) is 7.85. The van der Waals surface area contributed by atoms with Crippen LogP contribution in [0.15, 0.2) is 84.9 Å². The topological polar surface area (TPSA) is 54.4 Å². The van der Waals surface area contributed by atoms with E-state index in [4.69, 9.17) is 0 Å². The van der Waals surface area contributed by atoms with Gasteiger partial charge in [-0.3, -0.25) is 9.59 Å². The van der Waals surface area contributed by atoms with Crippen molar-refractivity contribution in [2.75, 3.05) is 0 Å². The quantitative estimate of drug-likeness (QED) is 0.553. The van der Waals surface area contributed by atoms with Crippen molar-refractivity contribution >= 4 is 17.6 Å². The Morgan fingerprint density at radius 2 is 1.36 bits per heavy atom. The highest BCUT2D eigenvalue weighted by molar-refractivity contribution is 6.10. The van der Waals surface area contributed by atoms with E-state index in [1.165, 1.54) is 12.1 Å². The number of ketones is 2. The second kappa shape index (κ2) is 7.41. The first-order valence-electron chi connectivity index (χ1n) is 7.85. The highest BCUT2D eigenvalue weighted by Gasteiger charge is 2.12. The summed E-state index contributed by atoms with van der Waals surface area (Å²) in [5, 5.41) is 9.78. The summed E-state index contributed by atoms with van der Waals surface area (Å²) in [5.74, 6) is -0.353. The molecule has 0 radical (unpaired) electrons.